The van der Waals surface area contributed by atoms with Crippen molar-refractivity contribution in [2.45, 2.75) is 13.3 Å². The van der Waals surface area contributed by atoms with Gasteiger partial charge in [0, 0.05) is 6.54 Å². The smallest absolute Gasteiger partial charge is 0.307 e. The third-order valence-corrected chi connectivity index (χ3v) is 1.94. The predicted molar refractivity (Wildman–Crippen MR) is 69.5 cm³/mol. The van der Waals surface area contributed by atoms with Crippen molar-refractivity contribution in [3.05, 3.63) is 24.0 Å². The largest absolute Gasteiger partial charge is 0.466 e. The van der Waals surface area contributed by atoms with Crippen molar-refractivity contribution in [3.8, 4) is 0 Å². The highest BCUT2D eigenvalue weighted by Gasteiger charge is 2.07. The van der Waals surface area contributed by atoms with Crippen LogP contribution in [-0.2, 0) is 9.53 Å². The van der Waals surface area contributed by atoms with Gasteiger partial charge in [-0.1, -0.05) is 0 Å². The Morgan fingerprint density at radius 1 is 1.44 bits per heavy atom. The van der Waals surface area contributed by atoms with Crippen LogP contribution in [0.2, 0.25) is 0 Å². The number of aromatic nitrogens is 1. The van der Waals surface area contributed by atoms with E-state index in [-0.39, 0.29) is 42.9 Å². The number of nitrogen functional groups attached to an aromatic ring is 1. The molecule has 0 aliphatic carbocycles. The fraction of sp³-hybridized carbons (Fsp3) is 0.364. The van der Waals surface area contributed by atoms with Crippen LogP contribution < -0.4 is 11.1 Å². The highest BCUT2D eigenvalue weighted by atomic mass is 35.5. The predicted octanol–water partition coefficient (Wildman–Crippen LogP) is 0.769. The second-order valence-electron chi connectivity index (χ2n) is 3.29. The zero-order chi connectivity index (χ0) is 12.7. The molecule has 1 aromatic rings. The Morgan fingerprint density at radius 2 is 2.17 bits per heavy atom. The topological polar surface area (TPSA) is 94.3 Å². The molecule has 1 amide bonds. The first kappa shape index (κ1) is 16.2. The van der Waals surface area contributed by atoms with Gasteiger partial charge in [0.05, 0.1) is 24.9 Å². The number of pyridine rings is 1. The summed E-state index contributed by atoms with van der Waals surface area (Å²) in [7, 11) is 0. The van der Waals surface area contributed by atoms with Crippen LogP contribution in [0.15, 0.2) is 18.3 Å². The first-order valence-corrected chi connectivity index (χ1v) is 5.29. The average Bonchev–Trinajstić information content (AvgIpc) is 2.30. The molecular formula is C11H16ClN3O3. The molecule has 0 radical (unpaired) electrons. The standard InChI is InChI=1S/C11H15N3O3.ClH/c1-2-17-10(15)5-6-13-11(16)9-4-3-8(12)7-14-9;/h3-4,7H,2,5-6,12H2,1H3,(H,13,16);1H. The molecule has 3 N–H and O–H groups in total. The van der Waals surface area contributed by atoms with Gasteiger partial charge in [-0.2, -0.15) is 0 Å². The van der Waals surface area contributed by atoms with Crippen LogP contribution in [0.1, 0.15) is 23.8 Å². The number of anilines is 1. The highest BCUT2D eigenvalue weighted by molar-refractivity contribution is 5.92. The van der Waals surface area contributed by atoms with Gasteiger partial charge in [-0.3, -0.25) is 9.59 Å². The molecule has 0 saturated heterocycles. The SMILES string of the molecule is CCOC(=O)CCNC(=O)c1ccc(N)cn1.Cl. The molecule has 18 heavy (non-hydrogen) atoms. The number of nitrogens with two attached hydrogens (primary N) is 1. The molecule has 0 saturated carbocycles. The Bertz CT molecular complexity index is 395. The van der Waals surface area contributed by atoms with Crippen molar-refractivity contribution in [3.63, 3.8) is 0 Å². The lowest BCUT2D eigenvalue weighted by Gasteiger charge is -2.04. The van der Waals surface area contributed by atoms with Crippen molar-refractivity contribution in [2.24, 2.45) is 0 Å². The average molecular weight is 274 g/mol. The number of amides is 1. The van der Waals surface area contributed by atoms with Crippen LogP contribution >= 0.6 is 12.4 Å². The third-order valence-electron chi connectivity index (χ3n) is 1.94. The van der Waals surface area contributed by atoms with Gasteiger partial charge in [0.25, 0.3) is 5.91 Å². The number of ether oxygens (including phenoxy) is 1. The first-order valence-electron chi connectivity index (χ1n) is 5.29. The van der Waals surface area contributed by atoms with E-state index >= 15 is 0 Å². The lowest BCUT2D eigenvalue weighted by Crippen LogP contribution is -2.27. The van der Waals surface area contributed by atoms with Crippen LogP contribution in [0.25, 0.3) is 0 Å². The molecule has 0 atom stereocenters. The van der Waals surface area contributed by atoms with Gasteiger partial charge in [-0.15, -0.1) is 12.4 Å². The summed E-state index contributed by atoms with van der Waals surface area (Å²) >= 11 is 0. The maximum atomic E-state index is 11.5. The zero-order valence-corrected chi connectivity index (χ0v) is 10.8. The number of hydrogen-bond donors (Lipinski definition) is 2. The van der Waals surface area contributed by atoms with Gasteiger partial charge in [0.2, 0.25) is 0 Å². The molecule has 1 aromatic heterocycles. The molecule has 1 rings (SSSR count). The second-order valence-corrected chi connectivity index (χ2v) is 3.29. The fourth-order valence-electron chi connectivity index (χ4n) is 1.14. The normalized spacial score (nSPS) is 9.17. The third kappa shape index (κ3) is 5.49. The molecule has 0 unspecified atom stereocenters. The molecule has 0 spiro atoms. The van der Waals surface area contributed by atoms with Crippen molar-refractivity contribution in [1.29, 1.82) is 0 Å². The highest BCUT2D eigenvalue weighted by Crippen LogP contribution is 2.00. The molecule has 1 heterocycles. The van der Waals surface area contributed by atoms with E-state index in [1.807, 2.05) is 0 Å². The Hall–Kier alpha value is -1.82. The van der Waals surface area contributed by atoms with E-state index in [1.54, 1.807) is 13.0 Å². The van der Waals surface area contributed by atoms with Crippen LogP contribution in [0, 0.1) is 0 Å². The van der Waals surface area contributed by atoms with Gasteiger partial charge in [-0.05, 0) is 19.1 Å². The molecule has 0 fully saturated rings. The monoisotopic (exact) mass is 273 g/mol. The number of nitrogens with zero attached hydrogens (tertiary/aromatic N) is 1. The van der Waals surface area contributed by atoms with Crippen molar-refractivity contribution >= 4 is 30.0 Å². The Labute approximate surface area is 111 Å². The molecule has 0 aliphatic rings. The van der Waals surface area contributed by atoms with Crippen LogP contribution in [0.3, 0.4) is 0 Å². The zero-order valence-electron chi connectivity index (χ0n) is 10.0. The van der Waals surface area contributed by atoms with E-state index in [4.69, 9.17) is 10.5 Å². The summed E-state index contributed by atoms with van der Waals surface area (Å²) in [6.07, 6.45) is 1.55. The van der Waals surface area contributed by atoms with Gasteiger partial charge >= 0.3 is 5.97 Å². The summed E-state index contributed by atoms with van der Waals surface area (Å²) in [5.41, 5.74) is 6.20. The summed E-state index contributed by atoms with van der Waals surface area (Å²) in [6, 6.07) is 3.11. The molecule has 0 bridgehead atoms. The van der Waals surface area contributed by atoms with E-state index in [9.17, 15) is 9.59 Å². The molecule has 0 aliphatic heterocycles. The van der Waals surface area contributed by atoms with E-state index in [0.717, 1.165) is 0 Å². The fourth-order valence-corrected chi connectivity index (χ4v) is 1.14. The molecule has 100 valence electrons. The summed E-state index contributed by atoms with van der Waals surface area (Å²) in [6.45, 7) is 2.30. The number of carbonyl (C=O) groups excluding carboxylic acids is 2. The van der Waals surface area contributed by atoms with E-state index in [0.29, 0.717) is 12.3 Å². The van der Waals surface area contributed by atoms with Crippen molar-refractivity contribution < 1.29 is 14.3 Å². The Balaban J connectivity index is 0.00000289. The van der Waals surface area contributed by atoms with Crippen molar-refractivity contribution in [1.82, 2.24) is 10.3 Å². The van der Waals surface area contributed by atoms with Crippen molar-refractivity contribution in [2.75, 3.05) is 18.9 Å². The Kier molecular flexibility index (Phi) is 7.46. The van der Waals surface area contributed by atoms with Gasteiger partial charge in [0.1, 0.15) is 5.69 Å². The van der Waals surface area contributed by atoms with Crippen LogP contribution in [-0.4, -0.2) is 30.0 Å². The molecule has 7 heteroatoms. The van der Waals surface area contributed by atoms with Crippen LogP contribution in [0.5, 0.6) is 0 Å². The quantitative estimate of drug-likeness (QED) is 0.773. The summed E-state index contributed by atoms with van der Waals surface area (Å²) in [5.74, 6) is -0.674. The maximum absolute atomic E-state index is 11.5. The van der Waals surface area contributed by atoms with Crippen LogP contribution in [0.4, 0.5) is 5.69 Å². The molecule has 6 nitrogen and oxygen atoms in total. The molecular weight excluding hydrogens is 258 g/mol. The van der Waals surface area contributed by atoms with Gasteiger partial charge in [0.15, 0.2) is 0 Å². The van der Waals surface area contributed by atoms with E-state index < -0.39 is 0 Å². The number of carbonyl (C=O) groups is 2. The summed E-state index contributed by atoms with van der Waals surface area (Å²) < 4.78 is 4.72. The number of nitrogens with one attached hydrogen (secondary N) is 1. The maximum Gasteiger partial charge on any atom is 0.307 e. The number of rotatable bonds is 5. The van der Waals surface area contributed by atoms with Gasteiger partial charge in [-0.25, -0.2) is 4.98 Å². The summed E-state index contributed by atoms with van der Waals surface area (Å²) in [5, 5.41) is 2.56. The Morgan fingerprint density at radius 3 is 2.72 bits per heavy atom. The lowest BCUT2D eigenvalue weighted by molar-refractivity contribution is -0.142. The number of halogens is 1. The minimum atomic E-state index is -0.339. The van der Waals surface area contributed by atoms with Gasteiger partial charge < -0.3 is 15.8 Å². The minimum absolute atomic E-state index is 0. The first-order chi connectivity index (χ1) is 8.13. The second kappa shape index (κ2) is 8.30. The summed E-state index contributed by atoms with van der Waals surface area (Å²) in [4.78, 5) is 26.4. The molecule has 0 aromatic carbocycles. The number of esters is 1. The van der Waals surface area contributed by atoms with E-state index in [2.05, 4.69) is 10.3 Å². The number of hydrogen-bond acceptors (Lipinski definition) is 5. The minimum Gasteiger partial charge on any atom is -0.466 e. The lowest BCUT2D eigenvalue weighted by atomic mass is 10.3. The van der Waals surface area contributed by atoms with E-state index in [1.165, 1.54) is 12.3 Å².